The number of nitrogen functional groups attached to an aromatic ring is 1. The first-order chi connectivity index (χ1) is 10.9. The fourth-order valence-electron chi connectivity index (χ4n) is 2.68. The SMILES string of the molecule is C=C(C)c1cc2c(N)ncnc2c(-c2c(C)ccc(O)c2C)n1. The molecule has 0 aliphatic rings. The van der Waals surface area contributed by atoms with Crippen LogP contribution in [0.4, 0.5) is 5.82 Å². The van der Waals surface area contributed by atoms with E-state index >= 15 is 0 Å². The molecule has 3 aromatic rings. The molecule has 23 heavy (non-hydrogen) atoms. The third-order valence-electron chi connectivity index (χ3n) is 3.97. The molecule has 0 amide bonds. The summed E-state index contributed by atoms with van der Waals surface area (Å²) in [6, 6.07) is 5.40. The molecule has 0 aliphatic heterocycles. The number of pyridine rings is 1. The van der Waals surface area contributed by atoms with Crippen molar-refractivity contribution < 1.29 is 5.11 Å². The van der Waals surface area contributed by atoms with Crippen molar-refractivity contribution in [3.8, 4) is 17.0 Å². The van der Waals surface area contributed by atoms with Crippen LogP contribution in [0, 0.1) is 13.8 Å². The Hall–Kier alpha value is -2.95. The molecule has 0 saturated carbocycles. The van der Waals surface area contributed by atoms with Gasteiger partial charge in [0.2, 0.25) is 0 Å². The number of aryl methyl sites for hydroxylation is 1. The normalized spacial score (nSPS) is 10.9. The number of allylic oxidation sites excluding steroid dienone is 1. The highest BCUT2D eigenvalue weighted by atomic mass is 16.3. The molecule has 2 aromatic heterocycles. The number of phenols is 1. The fraction of sp³-hybridized carbons (Fsp3) is 0.167. The summed E-state index contributed by atoms with van der Waals surface area (Å²) in [7, 11) is 0. The topological polar surface area (TPSA) is 84.9 Å². The third-order valence-corrected chi connectivity index (χ3v) is 3.97. The van der Waals surface area contributed by atoms with E-state index in [1.54, 1.807) is 6.07 Å². The van der Waals surface area contributed by atoms with E-state index in [-0.39, 0.29) is 5.75 Å². The van der Waals surface area contributed by atoms with Gasteiger partial charge in [-0.2, -0.15) is 0 Å². The minimum absolute atomic E-state index is 0.225. The molecule has 0 unspecified atom stereocenters. The number of fused-ring (bicyclic) bond motifs is 1. The average molecular weight is 306 g/mol. The van der Waals surface area contributed by atoms with Gasteiger partial charge in [0.05, 0.1) is 11.4 Å². The number of hydrogen-bond acceptors (Lipinski definition) is 5. The second-order valence-electron chi connectivity index (χ2n) is 5.69. The zero-order valence-electron chi connectivity index (χ0n) is 13.4. The molecule has 5 nitrogen and oxygen atoms in total. The Labute approximate surface area is 134 Å². The van der Waals surface area contributed by atoms with Gasteiger partial charge < -0.3 is 10.8 Å². The van der Waals surface area contributed by atoms with Crippen LogP contribution < -0.4 is 5.73 Å². The molecule has 0 atom stereocenters. The van der Waals surface area contributed by atoms with E-state index < -0.39 is 0 Å². The van der Waals surface area contributed by atoms with E-state index in [4.69, 9.17) is 10.7 Å². The molecular formula is C18H18N4O. The predicted molar refractivity (Wildman–Crippen MR) is 93.0 cm³/mol. The number of aromatic hydroxyl groups is 1. The maximum absolute atomic E-state index is 10.1. The summed E-state index contributed by atoms with van der Waals surface area (Å²) in [5.74, 6) is 0.625. The van der Waals surface area contributed by atoms with Gasteiger partial charge in [-0.1, -0.05) is 12.6 Å². The van der Waals surface area contributed by atoms with Crippen molar-refractivity contribution in [2.24, 2.45) is 0 Å². The number of hydrogen-bond donors (Lipinski definition) is 2. The van der Waals surface area contributed by atoms with Crippen LogP contribution in [0.1, 0.15) is 23.7 Å². The molecule has 5 heteroatoms. The van der Waals surface area contributed by atoms with Crippen LogP contribution in [-0.2, 0) is 0 Å². The lowest BCUT2D eigenvalue weighted by molar-refractivity contribution is 0.471. The van der Waals surface area contributed by atoms with Crippen LogP contribution >= 0.6 is 0 Å². The number of phenolic OH excluding ortho intramolecular Hbond substituents is 1. The van der Waals surface area contributed by atoms with Gasteiger partial charge in [-0.25, -0.2) is 15.0 Å². The Bertz CT molecular complexity index is 947. The van der Waals surface area contributed by atoms with Gasteiger partial charge in [-0.3, -0.25) is 0 Å². The van der Waals surface area contributed by atoms with E-state index in [9.17, 15) is 5.11 Å². The highest BCUT2D eigenvalue weighted by molar-refractivity contribution is 5.99. The molecule has 0 spiro atoms. The van der Waals surface area contributed by atoms with Gasteiger partial charge in [-0.05, 0) is 44.0 Å². The van der Waals surface area contributed by atoms with Gasteiger partial charge in [0.15, 0.2) is 0 Å². The van der Waals surface area contributed by atoms with E-state index in [0.29, 0.717) is 17.0 Å². The smallest absolute Gasteiger partial charge is 0.134 e. The Morgan fingerprint density at radius 2 is 1.96 bits per heavy atom. The zero-order valence-corrected chi connectivity index (χ0v) is 13.4. The standard InChI is InChI=1S/C18H18N4O/c1-9(2)13-7-12-16(20-8-21-18(12)19)17(22-13)15-10(3)5-6-14(23)11(15)4/h5-8,23H,1H2,2-4H3,(H2,19,20,21). The number of rotatable bonds is 2. The Kier molecular flexibility index (Phi) is 3.48. The predicted octanol–water partition coefficient (Wildman–Crippen LogP) is 3.63. The van der Waals surface area contributed by atoms with Gasteiger partial charge in [-0.15, -0.1) is 0 Å². The monoisotopic (exact) mass is 306 g/mol. The van der Waals surface area contributed by atoms with Crippen LogP contribution in [0.5, 0.6) is 5.75 Å². The second kappa shape index (κ2) is 5.35. The highest BCUT2D eigenvalue weighted by Crippen LogP contribution is 2.36. The summed E-state index contributed by atoms with van der Waals surface area (Å²) in [5, 5.41) is 10.8. The summed E-state index contributed by atoms with van der Waals surface area (Å²) >= 11 is 0. The lowest BCUT2D eigenvalue weighted by atomic mass is 9.96. The third kappa shape index (κ3) is 2.40. The number of aromatic nitrogens is 3. The minimum atomic E-state index is 0.225. The van der Waals surface area contributed by atoms with Crippen LogP contribution in [0.2, 0.25) is 0 Å². The van der Waals surface area contributed by atoms with Crippen molar-refractivity contribution in [3.63, 3.8) is 0 Å². The number of benzene rings is 1. The first kappa shape index (κ1) is 15.0. The van der Waals surface area contributed by atoms with E-state index in [1.165, 1.54) is 6.33 Å². The molecule has 3 rings (SSSR count). The van der Waals surface area contributed by atoms with Crippen LogP contribution in [0.25, 0.3) is 27.7 Å². The van der Waals surface area contributed by atoms with Crippen molar-refractivity contribution in [3.05, 3.63) is 47.9 Å². The van der Waals surface area contributed by atoms with Crippen molar-refractivity contribution in [2.45, 2.75) is 20.8 Å². The van der Waals surface area contributed by atoms with Crippen molar-refractivity contribution in [1.82, 2.24) is 15.0 Å². The van der Waals surface area contributed by atoms with E-state index in [1.807, 2.05) is 32.9 Å². The van der Waals surface area contributed by atoms with Gasteiger partial charge >= 0.3 is 0 Å². The number of nitrogens with two attached hydrogens (primary N) is 1. The first-order valence-electron chi connectivity index (χ1n) is 7.26. The Morgan fingerprint density at radius 1 is 1.22 bits per heavy atom. The van der Waals surface area contributed by atoms with Gasteiger partial charge in [0.1, 0.15) is 23.4 Å². The fourth-order valence-corrected chi connectivity index (χ4v) is 2.68. The summed E-state index contributed by atoms with van der Waals surface area (Å²) in [6.45, 7) is 9.70. The summed E-state index contributed by atoms with van der Waals surface area (Å²) in [4.78, 5) is 13.1. The molecule has 116 valence electrons. The summed E-state index contributed by atoms with van der Waals surface area (Å²) in [5.41, 5.74) is 11.5. The summed E-state index contributed by atoms with van der Waals surface area (Å²) in [6.07, 6.45) is 1.43. The zero-order chi connectivity index (χ0) is 16.7. The first-order valence-corrected chi connectivity index (χ1v) is 7.26. The molecule has 0 fully saturated rings. The van der Waals surface area contributed by atoms with Crippen LogP contribution in [-0.4, -0.2) is 20.1 Å². The molecule has 3 N–H and O–H groups in total. The quantitative estimate of drug-likeness (QED) is 0.755. The average Bonchev–Trinajstić information content (AvgIpc) is 2.51. The maximum atomic E-state index is 10.1. The second-order valence-corrected chi connectivity index (χ2v) is 5.69. The van der Waals surface area contributed by atoms with Crippen LogP contribution in [0.3, 0.4) is 0 Å². The van der Waals surface area contributed by atoms with Crippen LogP contribution in [0.15, 0.2) is 31.1 Å². The molecule has 0 radical (unpaired) electrons. The maximum Gasteiger partial charge on any atom is 0.134 e. The van der Waals surface area contributed by atoms with E-state index in [0.717, 1.165) is 33.3 Å². The molecule has 0 aliphatic carbocycles. The molecule has 0 bridgehead atoms. The highest BCUT2D eigenvalue weighted by Gasteiger charge is 2.17. The Morgan fingerprint density at radius 3 is 2.65 bits per heavy atom. The van der Waals surface area contributed by atoms with Crippen molar-refractivity contribution >= 4 is 22.3 Å². The largest absolute Gasteiger partial charge is 0.508 e. The lowest BCUT2D eigenvalue weighted by Gasteiger charge is -2.14. The number of anilines is 1. The number of nitrogens with zero attached hydrogens (tertiary/aromatic N) is 3. The van der Waals surface area contributed by atoms with E-state index in [2.05, 4.69) is 16.5 Å². The van der Waals surface area contributed by atoms with Crippen molar-refractivity contribution in [1.29, 1.82) is 0 Å². The summed E-state index contributed by atoms with van der Waals surface area (Å²) < 4.78 is 0. The van der Waals surface area contributed by atoms with Crippen molar-refractivity contribution in [2.75, 3.05) is 5.73 Å². The lowest BCUT2D eigenvalue weighted by Crippen LogP contribution is -2.01. The minimum Gasteiger partial charge on any atom is -0.508 e. The molecular weight excluding hydrogens is 288 g/mol. The molecule has 0 saturated heterocycles. The molecule has 1 aromatic carbocycles. The Balaban J connectivity index is 2.49. The van der Waals surface area contributed by atoms with Gasteiger partial charge in [0.25, 0.3) is 0 Å². The van der Waals surface area contributed by atoms with Gasteiger partial charge in [0, 0.05) is 16.5 Å². The molecule has 2 heterocycles.